The molecule has 0 radical (unpaired) electrons. The van der Waals surface area contributed by atoms with Crippen LogP contribution in [0.5, 0.6) is 0 Å². The van der Waals surface area contributed by atoms with Gasteiger partial charge in [0.1, 0.15) is 11.0 Å². The van der Waals surface area contributed by atoms with Crippen molar-refractivity contribution < 1.29 is 38.8 Å². The van der Waals surface area contributed by atoms with Crippen molar-refractivity contribution in [1.29, 1.82) is 0 Å². The quantitative estimate of drug-likeness (QED) is 0.396. The van der Waals surface area contributed by atoms with E-state index in [1.54, 1.807) is 19.1 Å². The number of ether oxygens (including phenoxy) is 3. The van der Waals surface area contributed by atoms with Gasteiger partial charge >= 0.3 is 17.9 Å². The number of esters is 3. The largest absolute Gasteiger partial charge is 0.454 e. The van der Waals surface area contributed by atoms with Crippen molar-refractivity contribution in [2.75, 3.05) is 6.79 Å². The standard InChI is InChI=1S/C22H26O8/c1-11-8-20-9-21(11,27)6-4-13(20)22-7-5-14(24)19(3,18(26)30-22)16(22)15(20)17(25)29-10-28-12(2)23/h5,7,13-16,24,27H,1,4,6,8-10H2,2-3H3/t13-,14+,15-,16?,19?,20+,21+,22-/m1/s1. The van der Waals surface area contributed by atoms with Crippen LogP contribution in [0.15, 0.2) is 24.3 Å². The Morgan fingerprint density at radius 1 is 1.37 bits per heavy atom. The molecule has 1 saturated heterocycles. The Balaban J connectivity index is 1.64. The summed E-state index contributed by atoms with van der Waals surface area (Å²) in [7, 11) is 0. The summed E-state index contributed by atoms with van der Waals surface area (Å²) >= 11 is 0. The lowest BCUT2D eigenvalue weighted by molar-refractivity contribution is -0.177. The SMILES string of the molecule is C=C1C[C@]23C[C@@]1(O)CC[C@H]2[C@@]12C=C[C@H](O)C(C)(C(=O)O1)C2[C@@H]3C(=O)OCOC(C)=O. The number of aliphatic hydroxyl groups excluding tert-OH is 1. The van der Waals surface area contributed by atoms with Crippen molar-refractivity contribution >= 4 is 17.9 Å². The molecule has 3 saturated carbocycles. The summed E-state index contributed by atoms with van der Waals surface area (Å²) in [4.78, 5) is 37.5. The lowest BCUT2D eigenvalue weighted by atomic mass is 9.61. The van der Waals surface area contributed by atoms with Gasteiger partial charge in [0.25, 0.3) is 0 Å². The summed E-state index contributed by atoms with van der Waals surface area (Å²) in [6.45, 7) is 6.40. The van der Waals surface area contributed by atoms with Gasteiger partial charge in [-0.2, -0.15) is 0 Å². The molecule has 2 N–H and O–H groups in total. The lowest BCUT2D eigenvalue weighted by Crippen LogP contribution is -2.51. The Morgan fingerprint density at radius 2 is 2.10 bits per heavy atom. The van der Waals surface area contributed by atoms with E-state index >= 15 is 0 Å². The Morgan fingerprint density at radius 3 is 2.80 bits per heavy atom. The van der Waals surface area contributed by atoms with Crippen molar-refractivity contribution in [3.63, 3.8) is 0 Å². The zero-order chi connectivity index (χ0) is 21.7. The molecule has 0 aromatic heterocycles. The number of fused-ring (bicyclic) bond motifs is 1. The van der Waals surface area contributed by atoms with Crippen LogP contribution in [-0.4, -0.2) is 52.2 Å². The number of rotatable bonds is 3. The third-order valence-corrected chi connectivity index (χ3v) is 8.57. The molecule has 8 heteroatoms. The minimum absolute atomic E-state index is 0.213. The molecule has 0 aromatic carbocycles. The van der Waals surface area contributed by atoms with Crippen LogP contribution in [-0.2, 0) is 28.6 Å². The summed E-state index contributed by atoms with van der Waals surface area (Å²) in [5.74, 6) is -3.41. The van der Waals surface area contributed by atoms with Gasteiger partial charge < -0.3 is 24.4 Å². The van der Waals surface area contributed by atoms with Crippen molar-refractivity contribution in [3.8, 4) is 0 Å². The van der Waals surface area contributed by atoms with Gasteiger partial charge in [-0.3, -0.25) is 14.4 Å². The van der Waals surface area contributed by atoms with Crippen LogP contribution in [0, 0.1) is 28.6 Å². The van der Waals surface area contributed by atoms with E-state index in [-0.39, 0.29) is 5.92 Å². The molecule has 1 heterocycles. The summed E-state index contributed by atoms with van der Waals surface area (Å²) in [5, 5.41) is 21.9. The van der Waals surface area contributed by atoms with Gasteiger partial charge in [0.2, 0.25) is 6.79 Å². The maximum absolute atomic E-state index is 13.4. The Bertz CT molecular complexity index is 909. The zero-order valence-electron chi connectivity index (χ0n) is 17.1. The van der Waals surface area contributed by atoms with E-state index in [1.807, 2.05) is 0 Å². The molecule has 2 unspecified atom stereocenters. The first-order chi connectivity index (χ1) is 14.0. The van der Waals surface area contributed by atoms with Crippen LogP contribution in [0.1, 0.15) is 39.5 Å². The van der Waals surface area contributed by atoms with Gasteiger partial charge in [0.15, 0.2) is 0 Å². The van der Waals surface area contributed by atoms with E-state index in [9.17, 15) is 24.6 Å². The number of carbonyl (C=O) groups excluding carboxylic acids is 3. The molecule has 5 aliphatic rings. The van der Waals surface area contributed by atoms with Gasteiger partial charge in [-0.05, 0) is 49.7 Å². The maximum atomic E-state index is 13.4. The summed E-state index contributed by atoms with van der Waals surface area (Å²) < 4.78 is 16.1. The van der Waals surface area contributed by atoms with Crippen LogP contribution in [0.2, 0.25) is 0 Å². The van der Waals surface area contributed by atoms with Crippen LogP contribution < -0.4 is 0 Å². The first-order valence-corrected chi connectivity index (χ1v) is 10.3. The lowest BCUT2D eigenvalue weighted by Gasteiger charge is -2.44. The van der Waals surface area contributed by atoms with Gasteiger partial charge in [0.05, 0.1) is 17.6 Å². The zero-order valence-corrected chi connectivity index (χ0v) is 17.1. The van der Waals surface area contributed by atoms with E-state index in [1.165, 1.54) is 6.92 Å². The van der Waals surface area contributed by atoms with Gasteiger partial charge in [-0.15, -0.1) is 0 Å². The van der Waals surface area contributed by atoms with E-state index in [0.717, 1.165) is 0 Å². The smallest absolute Gasteiger partial charge is 0.316 e. The Labute approximate surface area is 173 Å². The molecule has 4 aliphatic carbocycles. The molecule has 5 rings (SSSR count). The molecular formula is C22H26O8. The first-order valence-electron chi connectivity index (χ1n) is 10.3. The Kier molecular flexibility index (Phi) is 3.78. The summed E-state index contributed by atoms with van der Waals surface area (Å²) in [6.07, 6.45) is 4.01. The average molecular weight is 418 g/mol. The van der Waals surface area contributed by atoms with Gasteiger partial charge in [-0.25, -0.2) is 0 Å². The third kappa shape index (κ3) is 2.06. The minimum Gasteiger partial charge on any atom is -0.454 e. The minimum atomic E-state index is -1.31. The van der Waals surface area contributed by atoms with Crippen molar-refractivity contribution in [2.45, 2.75) is 56.8 Å². The molecule has 4 fully saturated rings. The second-order valence-corrected chi connectivity index (χ2v) is 9.82. The highest BCUT2D eigenvalue weighted by Gasteiger charge is 2.83. The molecule has 1 spiro atoms. The van der Waals surface area contributed by atoms with Crippen LogP contribution in [0.4, 0.5) is 0 Å². The monoisotopic (exact) mass is 418 g/mol. The molecule has 8 nitrogen and oxygen atoms in total. The van der Waals surface area contributed by atoms with Gasteiger partial charge in [0, 0.05) is 18.8 Å². The fraction of sp³-hybridized carbons (Fsp3) is 0.682. The van der Waals surface area contributed by atoms with E-state index < -0.39 is 64.7 Å². The Hall–Kier alpha value is -2.19. The fourth-order valence-corrected chi connectivity index (χ4v) is 7.37. The second kappa shape index (κ2) is 5.73. The molecule has 1 aliphatic heterocycles. The molecule has 162 valence electrons. The van der Waals surface area contributed by atoms with Gasteiger partial charge in [-0.1, -0.05) is 12.7 Å². The van der Waals surface area contributed by atoms with Crippen LogP contribution in [0.25, 0.3) is 0 Å². The number of hydrogen-bond donors (Lipinski definition) is 2. The highest BCUT2D eigenvalue weighted by Crippen LogP contribution is 2.77. The van der Waals surface area contributed by atoms with Crippen molar-refractivity contribution in [1.82, 2.24) is 0 Å². The van der Waals surface area contributed by atoms with E-state index in [4.69, 9.17) is 14.2 Å². The average Bonchev–Trinajstić information content (AvgIpc) is 3.08. The first kappa shape index (κ1) is 19.8. The summed E-state index contributed by atoms with van der Waals surface area (Å²) in [6, 6.07) is 0. The van der Waals surface area contributed by atoms with Crippen LogP contribution >= 0.6 is 0 Å². The van der Waals surface area contributed by atoms with Crippen molar-refractivity contribution in [3.05, 3.63) is 24.3 Å². The molecule has 30 heavy (non-hydrogen) atoms. The van der Waals surface area contributed by atoms with Crippen molar-refractivity contribution in [2.24, 2.45) is 28.6 Å². The molecule has 4 bridgehead atoms. The fourth-order valence-electron chi connectivity index (χ4n) is 7.37. The molecule has 0 amide bonds. The maximum Gasteiger partial charge on any atom is 0.316 e. The molecular weight excluding hydrogens is 392 g/mol. The number of aliphatic hydroxyl groups is 2. The highest BCUT2D eigenvalue weighted by molar-refractivity contribution is 5.87. The predicted molar refractivity (Wildman–Crippen MR) is 100 cm³/mol. The third-order valence-electron chi connectivity index (χ3n) is 8.57. The van der Waals surface area contributed by atoms with E-state index in [0.29, 0.717) is 31.3 Å². The normalized spacial score (nSPS) is 50.0. The number of hydrogen-bond acceptors (Lipinski definition) is 8. The number of carbonyl (C=O) groups is 3. The second-order valence-electron chi connectivity index (χ2n) is 9.82. The molecule has 0 aromatic rings. The molecule has 8 atom stereocenters. The predicted octanol–water partition coefficient (Wildman–Crippen LogP) is 1.01. The van der Waals surface area contributed by atoms with Crippen LogP contribution in [0.3, 0.4) is 0 Å². The topological polar surface area (TPSA) is 119 Å². The van der Waals surface area contributed by atoms with E-state index in [2.05, 4.69) is 6.58 Å². The highest BCUT2D eigenvalue weighted by atomic mass is 16.7. The summed E-state index contributed by atoms with van der Waals surface area (Å²) in [5.41, 5.74) is -3.45.